The zero-order chi connectivity index (χ0) is 16.2. The Bertz CT molecular complexity index is 487. The number of hydrogen-bond acceptors (Lipinski definition) is 4. The Morgan fingerprint density at radius 3 is 2.77 bits per heavy atom. The lowest BCUT2D eigenvalue weighted by Gasteiger charge is -2.36. The van der Waals surface area contributed by atoms with Gasteiger partial charge in [-0.2, -0.15) is 5.10 Å². The molecule has 0 unspecified atom stereocenters. The normalized spacial score (nSPS) is 21.3. The van der Waals surface area contributed by atoms with Gasteiger partial charge in [0.15, 0.2) is 0 Å². The third kappa shape index (κ3) is 5.33. The minimum atomic E-state index is -0.440. The Kier molecular flexibility index (Phi) is 5.45. The summed E-state index contributed by atoms with van der Waals surface area (Å²) in [7, 11) is 0. The van der Waals surface area contributed by atoms with E-state index in [4.69, 9.17) is 4.74 Å². The smallest absolute Gasteiger partial charge is 0.407 e. The predicted molar refractivity (Wildman–Crippen MR) is 85.5 cm³/mol. The van der Waals surface area contributed by atoms with E-state index >= 15 is 0 Å². The third-order valence-electron chi connectivity index (χ3n) is 3.59. The van der Waals surface area contributed by atoms with E-state index in [2.05, 4.69) is 28.9 Å². The molecule has 2 rings (SSSR count). The van der Waals surface area contributed by atoms with Crippen molar-refractivity contribution in [3.63, 3.8) is 0 Å². The van der Waals surface area contributed by atoms with Gasteiger partial charge >= 0.3 is 6.09 Å². The molecule has 0 spiro atoms. The molecule has 124 valence electrons. The highest BCUT2D eigenvalue weighted by Crippen LogP contribution is 2.21. The molecule has 1 aliphatic rings. The zero-order valence-electron chi connectivity index (χ0n) is 14.1. The topological polar surface area (TPSA) is 68.2 Å². The monoisotopic (exact) mass is 308 g/mol. The number of carbonyl (C=O) groups is 1. The summed E-state index contributed by atoms with van der Waals surface area (Å²) in [6.07, 6.45) is 6.67. The van der Waals surface area contributed by atoms with Crippen molar-refractivity contribution >= 4 is 6.09 Å². The largest absolute Gasteiger partial charge is 0.444 e. The molecule has 6 nitrogen and oxygen atoms in total. The first-order valence-electron chi connectivity index (χ1n) is 8.10. The number of amides is 1. The van der Waals surface area contributed by atoms with E-state index in [1.165, 1.54) is 5.56 Å². The number of carbonyl (C=O) groups excluding carboxylic acids is 1. The maximum absolute atomic E-state index is 11.6. The highest BCUT2D eigenvalue weighted by Gasteiger charge is 2.31. The van der Waals surface area contributed by atoms with Gasteiger partial charge in [0.2, 0.25) is 0 Å². The minimum Gasteiger partial charge on any atom is -0.444 e. The van der Waals surface area contributed by atoms with Crippen LogP contribution in [0.5, 0.6) is 0 Å². The van der Waals surface area contributed by atoms with Gasteiger partial charge in [0.1, 0.15) is 5.60 Å². The molecule has 1 fully saturated rings. The second-order valence-electron chi connectivity index (χ2n) is 7.00. The van der Waals surface area contributed by atoms with E-state index in [1.54, 1.807) is 0 Å². The molecule has 2 N–H and O–H groups in total. The zero-order valence-corrected chi connectivity index (χ0v) is 14.1. The predicted octanol–water partition coefficient (Wildman–Crippen LogP) is 2.44. The van der Waals surface area contributed by atoms with Gasteiger partial charge in [-0.3, -0.25) is 4.68 Å². The van der Waals surface area contributed by atoms with Crippen LogP contribution in [0.3, 0.4) is 0 Å². The van der Waals surface area contributed by atoms with E-state index in [1.807, 2.05) is 31.6 Å². The first-order valence-corrected chi connectivity index (χ1v) is 8.10. The van der Waals surface area contributed by atoms with Gasteiger partial charge in [0.05, 0.1) is 6.20 Å². The van der Waals surface area contributed by atoms with Crippen molar-refractivity contribution in [1.29, 1.82) is 0 Å². The van der Waals surface area contributed by atoms with Crippen molar-refractivity contribution in [3.8, 4) is 0 Å². The van der Waals surface area contributed by atoms with E-state index in [-0.39, 0.29) is 12.1 Å². The average molecular weight is 308 g/mol. The molecule has 0 atom stereocenters. The number of rotatable bonds is 6. The lowest BCUT2D eigenvalue weighted by molar-refractivity contribution is 0.0465. The van der Waals surface area contributed by atoms with E-state index < -0.39 is 5.60 Å². The molecular weight excluding hydrogens is 280 g/mol. The van der Waals surface area contributed by atoms with Gasteiger partial charge in [0.25, 0.3) is 0 Å². The quantitative estimate of drug-likeness (QED) is 0.847. The third-order valence-corrected chi connectivity index (χ3v) is 3.59. The van der Waals surface area contributed by atoms with Crippen LogP contribution in [0.1, 0.15) is 52.5 Å². The van der Waals surface area contributed by atoms with Crippen LogP contribution in [0.15, 0.2) is 12.4 Å². The summed E-state index contributed by atoms with van der Waals surface area (Å²) >= 11 is 0. The molecule has 0 saturated heterocycles. The number of aromatic nitrogens is 2. The van der Waals surface area contributed by atoms with E-state index in [0.29, 0.717) is 6.04 Å². The van der Waals surface area contributed by atoms with Crippen molar-refractivity contribution in [3.05, 3.63) is 18.0 Å². The molecule has 1 aliphatic carbocycles. The lowest BCUT2D eigenvalue weighted by Crippen LogP contribution is -2.52. The van der Waals surface area contributed by atoms with Gasteiger partial charge in [-0.15, -0.1) is 0 Å². The average Bonchev–Trinajstić information content (AvgIpc) is 2.78. The second kappa shape index (κ2) is 7.13. The van der Waals surface area contributed by atoms with Crippen LogP contribution >= 0.6 is 0 Å². The fourth-order valence-corrected chi connectivity index (χ4v) is 2.49. The van der Waals surface area contributed by atoms with Gasteiger partial charge in [-0.25, -0.2) is 4.79 Å². The van der Waals surface area contributed by atoms with E-state index in [0.717, 1.165) is 32.4 Å². The van der Waals surface area contributed by atoms with E-state index in [9.17, 15) is 4.79 Å². The molecule has 0 aliphatic heterocycles. The van der Waals surface area contributed by atoms with Crippen molar-refractivity contribution in [2.75, 3.05) is 0 Å². The summed E-state index contributed by atoms with van der Waals surface area (Å²) in [6.45, 7) is 9.55. The number of hydrogen-bond donors (Lipinski definition) is 2. The minimum absolute atomic E-state index is 0.218. The molecular formula is C16H28N4O2. The van der Waals surface area contributed by atoms with Gasteiger partial charge < -0.3 is 15.4 Å². The molecule has 0 radical (unpaired) electrons. The molecule has 0 bridgehead atoms. The Labute approximate surface area is 132 Å². The van der Waals surface area contributed by atoms with Crippen molar-refractivity contribution in [2.24, 2.45) is 0 Å². The highest BCUT2D eigenvalue weighted by molar-refractivity contribution is 5.68. The van der Waals surface area contributed by atoms with Gasteiger partial charge in [-0.1, -0.05) is 6.92 Å². The van der Waals surface area contributed by atoms with Crippen LogP contribution in [0.4, 0.5) is 4.79 Å². The molecule has 22 heavy (non-hydrogen) atoms. The van der Waals surface area contributed by atoms with Crippen molar-refractivity contribution in [2.45, 2.75) is 77.7 Å². The van der Waals surface area contributed by atoms with Crippen LogP contribution in [-0.4, -0.2) is 33.6 Å². The van der Waals surface area contributed by atoms with Crippen molar-refractivity contribution in [1.82, 2.24) is 20.4 Å². The fourth-order valence-electron chi connectivity index (χ4n) is 2.49. The number of ether oxygens (including phenoxy) is 1. The molecule has 1 amide bonds. The van der Waals surface area contributed by atoms with Gasteiger partial charge in [0, 0.05) is 36.9 Å². The Morgan fingerprint density at radius 1 is 1.41 bits per heavy atom. The number of aryl methyl sites for hydroxylation is 1. The van der Waals surface area contributed by atoms with Gasteiger partial charge in [-0.05, 0) is 40.0 Å². The van der Waals surface area contributed by atoms with Crippen LogP contribution in [0, 0.1) is 0 Å². The SMILES string of the molecule is CCCn1cc(CNC2CC(NC(=O)OC(C)(C)C)C2)cn1. The molecule has 1 aromatic rings. The molecule has 6 heteroatoms. The summed E-state index contributed by atoms with van der Waals surface area (Å²) in [6, 6.07) is 0.671. The Balaban J connectivity index is 1.62. The summed E-state index contributed by atoms with van der Waals surface area (Å²) in [5, 5.41) is 10.7. The van der Waals surface area contributed by atoms with Crippen LogP contribution in [0.2, 0.25) is 0 Å². The number of alkyl carbamates (subject to hydrolysis) is 1. The summed E-state index contributed by atoms with van der Waals surface area (Å²) in [5.74, 6) is 0. The summed E-state index contributed by atoms with van der Waals surface area (Å²) in [4.78, 5) is 11.6. The summed E-state index contributed by atoms with van der Waals surface area (Å²) in [5.41, 5.74) is 0.765. The maximum atomic E-state index is 11.6. The summed E-state index contributed by atoms with van der Waals surface area (Å²) < 4.78 is 7.23. The molecule has 1 aromatic heterocycles. The Hall–Kier alpha value is -1.56. The number of nitrogens with zero attached hydrogens (tertiary/aromatic N) is 2. The Morgan fingerprint density at radius 2 is 2.14 bits per heavy atom. The molecule has 0 aromatic carbocycles. The number of nitrogens with one attached hydrogen (secondary N) is 2. The first-order chi connectivity index (χ1) is 10.4. The first kappa shape index (κ1) is 16.8. The van der Waals surface area contributed by atoms with Crippen LogP contribution < -0.4 is 10.6 Å². The highest BCUT2D eigenvalue weighted by atomic mass is 16.6. The lowest BCUT2D eigenvalue weighted by atomic mass is 9.87. The van der Waals surface area contributed by atoms with Crippen LogP contribution in [0.25, 0.3) is 0 Å². The second-order valence-corrected chi connectivity index (χ2v) is 7.00. The van der Waals surface area contributed by atoms with Crippen molar-refractivity contribution < 1.29 is 9.53 Å². The molecule has 1 heterocycles. The maximum Gasteiger partial charge on any atom is 0.407 e. The molecule has 1 saturated carbocycles. The standard InChI is InChI=1S/C16H28N4O2/c1-5-6-20-11-12(10-18-20)9-17-13-7-14(8-13)19-15(21)22-16(2,3)4/h10-11,13-14,17H,5-9H2,1-4H3,(H,19,21). The van der Waals surface area contributed by atoms with Crippen LogP contribution in [-0.2, 0) is 17.8 Å². The fraction of sp³-hybridized carbons (Fsp3) is 0.750.